The van der Waals surface area contributed by atoms with Crippen molar-refractivity contribution in [3.05, 3.63) is 23.3 Å². The zero-order valence-corrected chi connectivity index (χ0v) is 15.5. The summed E-state index contributed by atoms with van der Waals surface area (Å²) in [5.74, 6) is 0.376. The van der Waals surface area contributed by atoms with E-state index in [0.717, 1.165) is 24.0 Å². The summed E-state index contributed by atoms with van der Waals surface area (Å²) < 4.78 is 10.4. The predicted molar refractivity (Wildman–Crippen MR) is 92.9 cm³/mol. The lowest BCUT2D eigenvalue weighted by Gasteiger charge is -2.23. The number of hydrogen-bond donors (Lipinski definition) is 0. The highest BCUT2D eigenvalue weighted by Gasteiger charge is 2.15. The van der Waals surface area contributed by atoms with Gasteiger partial charge in [0.2, 0.25) is 0 Å². The molecule has 0 aliphatic carbocycles. The van der Waals surface area contributed by atoms with Gasteiger partial charge >= 0.3 is 5.97 Å². The van der Waals surface area contributed by atoms with Crippen LogP contribution in [0.1, 0.15) is 67.2 Å². The first-order valence-corrected chi connectivity index (χ1v) is 8.29. The molecule has 1 atom stereocenters. The quantitative estimate of drug-likeness (QED) is 0.321. The zero-order valence-electron chi connectivity index (χ0n) is 15.5. The average Bonchev–Trinajstić information content (AvgIpc) is 2.44. The topological polar surface area (TPSA) is 35.5 Å². The Labute approximate surface area is 136 Å². The Morgan fingerprint density at radius 1 is 1.23 bits per heavy atom. The first-order valence-electron chi connectivity index (χ1n) is 8.29. The molecule has 0 saturated carbocycles. The maximum Gasteiger partial charge on any atom is 0.331 e. The Balaban J connectivity index is 4.25. The zero-order chi connectivity index (χ0) is 17.2. The lowest BCUT2D eigenvalue weighted by atomic mass is 9.94. The molecule has 0 fully saturated rings. The molecule has 0 aromatic heterocycles. The molecule has 0 aromatic carbocycles. The molecule has 0 radical (unpaired) electrons. The normalized spacial score (nSPS) is 14.9. The number of hydrogen-bond acceptors (Lipinski definition) is 3. The van der Waals surface area contributed by atoms with Gasteiger partial charge in [0.05, 0.1) is 12.2 Å². The highest BCUT2D eigenvalue weighted by Crippen LogP contribution is 2.21. The average molecular weight is 310 g/mol. The van der Waals surface area contributed by atoms with Gasteiger partial charge in [-0.15, -0.1) is 0 Å². The van der Waals surface area contributed by atoms with Gasteiger partial charge in [0, 0.05) is 13.2 Å². The number of carbonyl (C=O) groups excluding carboxylic acids is 1. The van der Waals surface area contributed by atoms with Gasteiger partial charge in [-0.3, -0.25) is 0 Å². The summed E-state index contributed by atoms with van der Waals surface area (Å²) in [4.78, 5) is 11.4. The van der Waals surface area contributed by atoms with Crippen LogP contribution in [0.25, 0.3) is 0 Å². The van der Waals surface area contributed by atoms with E-state index in [2.05, 4.69) is 26.8 Å². The Hall–Kier alpha value is -1.09. The molecule has 0 bridgehead atoms. The number of esters is 1. The van der Waals surface area contributed by atoms with E-state index in [0.29, 0.717) is 12.5 Å². The minimum absolute atomic E-state index is 0.0234. The summed E-state index contributed by atoms with van der Waals surface area (Å²) in [5, 5.41) is 0. The van der Waals surface area contributed by atoms with Crippen molar-refractivity contribution >= 4 is 5.97 Å². The molecule has 3 nitrogen and oxygen atoms in total. The van der Waals surface area contributed by atoms with Crippen molar-refractivity contribution in [1.29, 1.82) is 0 Å². The molecular weight excluding hydrogens is 276 g/mol. The fourth-order valence-corrected chi connectivity index (χ4v) is 2.11. The van der Waals surface area contributed by atoms with Crippen LogP contribution in [-0.2, 0) is 14.3 Å². The van der Waals surface area contributed by atoms with Crippen LogP contribution in [0.2, 0.25) is 0 Å². The minimum atomic E-state index is -0.261. The maximum atomic E-state index is 11.4. The second-order valence-corrected chi connectivity index (χ2v) is 6.66. The monoisotopic (exact) mass is 310 g/mol. The minimum Gasteiger partial charge on any atom is -0.463 e. The molecule has 0 aromatic rings. The smallest absolute Gasteiger partial charge is 0.331 e. The van der Waals surface area contributed by atoms with Crippen LogP contribution in [0.3, 0.4) is 0 Å². The molecule has 0 aliphatic heterocycles. The SMILES string of the molecule is CCOC(=O)/C=C(C)/C(C)=C/CC(C)CCCC(C)(C)OC. The van der Waals surface area contributed by atoms with E-state index in [1.807, 2.05) is 20.8 Å². The molecule has 0 spiro atoms. The Kier molecular flexibility index (Phi) is 10.1. The van der Waals surface area contributed by atoms with E-state index in [4.69, 9.17) is 9.47 Å². The van der Waals surface area contributed by atoms with Crippen molar-refractivity contribution in [2.45, 2.75) is 72.8 Å². The molecule has 22 heavy (non-hydrogen) atoms. The van der Waals surface area contributed by atoms with Crippen molar-refractivity contribution in [1.82, 2.24) is 0 Å². The second-order valence-electron chi connectivity index (χ2n) is 6.66. The molecule has 1 unspecified atom stereocenters. The van der Waals surface area contributed by atoms with Crippen molar-refractivity contribution in [2.75, 3.05) is 13.7 Å². The van der Waals surface area contributed by atoms with Gasteiger partial charge in [0.25, 0.3) is 0 Å². The van der Waals surface area contributed by atoms with E-state index in [1.54, 1.807) is 13.2 Å². The van der Waals surface area contributed by atoms with Crippen molar-refractivity contribution in [3.63, 3.8) is 0 Å². The number of carbonyl (C=O) groups is 1. The van der Waals surface area contributed by atoms with Gasteiger partial charge in [-0.1, -0.05) is 31.4 Å². The third-order valence-corrected chi connectivity index (χ3v) is 4.10. The fraction of sp³-hybridized carbons (Fsp3) is 0.737. The highest BCUT2D eigenvalue weighted by atomic mass is 16.5. The molecule has 0 N–H and O–H groups in total. The molecule has 0 rings (SSSR count). The van der Waals surface area contributed by atoms with Crippen molar-refractivity contribution < 1.29 is 14.3 Å². The molecule has 0 saturated heterocycles. The van der Waals surface area contributed by atoms with Crippen LogP contribution in [0, 0.1) is 5.92 Å². The van der Waals surface area contributed by atoms with Crippen LogP contribution < -0.4 is 0 Å². The van der Waals surface area contributed by atoms with E-state index >= 15 is 0 Å². The molecule has 128 valence electrons. The summed E-state index contributed by atoms with van der Waals surface area (Å²) in [6, 6.07) is 0. The number of rotatable bonds is 10. The third-order valence-electron chi connectivity index (χ3n) is 4.10. The number of methoxy groups -OCH3 is 1. The van der Waals surface area contributed by atoms with Crippen molar-refractivity contribution in [2.24, 2.45) is 5.92 Å². The largest absolute Gasteiger partial charge is 0.463 e. The molecule has 3 heteroatoms. The molecular formula is C19H34O3. The Morgan fingerprint density at radius 2 is 1.86 bits per heavy atom. The molecule has 0 heterocycles. The van der Waals surface area contributed by atoms with Gasteiger partial charge in [0.15, 0.2) is 0 Å². The van der Waals surface area contributed by atoms with E-state index in [9.17, 15) is 4.79 Å². The first kappa shape index (κ1) is 20.9. The fourth-order valence-electron chi connectivity index (χ4n) is 2.11. The highest BCUT2D eigenvalue weighted by molar-refractivity contribution is 5.83. The van der Waals surface area contributed by atoms with Gasteiger partial charge in [-0.25, -0.2) is 4.79 Å². The maximum absolute atomic E-state index is 11.4. The predicted octanol–water partition coefficient (Wildman–Crippen LogP) is 5.06. The van der Waals surface area contributed by atoms with Crippen molar-refractivity contribution in [3.8, 4) is 0 Å². The Bertz CT molecular complexity index is 391. The van der Waals surface area contributed by atoms with Crippen LogP contribution in [0.5, 0.6) is 0 Å². The summed E-state index contributed by atoms with van der Waals surface area (Å²) in [6.45, 7) is 12.8. The van der Waals surface area contributed by atoms with Crippen LogP contribution in [-0.4, -0.2) is 25.3 Å². The van der Waals surface area contributed by atoms with Crippen LogP contribution in [0.4, 0.5) is 0 Å². The van der Waals surface area contributed by atoms with Crippen LogP contribution >= 0.6 is 0 Å². The number of ether oxygens (including phenoxy) is 2. The second kappa shape index (κ2) is 10.6. The van der Waals surface area contributed by atoms with Gasteiger partial charge in [-0.05, 0) is 59.0 Å². The van der Waals surface area contributed by atoms with E-state index < -0.39 is 0 Å². The Morgan fingerprint density at radius 3 is 2.41 bits per heavy atom. The van der Waals surface area contributed by atoms with Gasteiger partial charge in [0.1, 0.15) is 0 Å². The van der Waals surface area contributed by atoms with Crippen LogP contribution in [0.15, 0.2) is 23.3 Å². The molecule has 0 aliphatic rings. The molecule has 0 amide bonds. The first-order chi connectivity index (χ1) is 10.2. The summed E-state index contributed by atoms with van der Waals surface area (Å²) in [6.07, 6.45) is 8.27. The van der Waals surface area contributed by atoms with E-state index in [1.165, 1.54) is 12.8 Å². The number of allylic oxidation sites excluding steroid dienone is 3. The summed E-state index contributed by atoms with van der Waals surface area (Å²) in [7, 11) is 1.77. The third kappa shape index (κ3) is 9.78. The summed E-state index contributed by atoms with van der Waals surface area (Å²) >= 11 is 0. The van der Waals surface area contributed by atoms with Gasteiger partial charge < -0.3 is 9.47 Å². The lowest BCUT2D eigenvalue weighted by Crippen LogP contribution is -2.22. The standard InChI is InChI=1S/C19H34O3/c1-8-22-18(20)14-17(4)16(3)12-11-15(2)10-9-13-19(5,6)21-7/h12,14-15H,8-11,13H2,1-7H3/b16-12+,17-14+. The van der Waals surface area contributed by atoms with E-state index in [-0.39, 0.29) is 11.6 Å². The van der Waals surface area contributed by atoms with Gasteiger partial charge in [-0.2, -0.15) is 0 Å². The summed E-state index contributed by atoms with van der Waals surface area (Å²) in [5.41, 5.74) is 2.10. The lowest BCUT2D eigenvalue weighted by molar-refractivity contribution is -0.137.